The van der Waals surface area contributed by atoms with E-state index in [1.165, 1.54) is 9.80 Å². The van der Waals surface area contributed by atoms with Gasteiger partial charge in [0, 0.05) is 26.1 Å². The van der Waals surface area contributed by atoms with Crippen molar-refractivity contribution in [2.75, 3.05) is 39.6 Å². The van der Waals surface area contributed by atoms with Gasteiger partial charge in [-0.2, -0.15) is 0 Å². The van der Waals surface area contributed by atoms with E-state index >= 15 is 0 Å². The standard InChI is InChI=1S/C32H35I2N3O9/c33-25-12-22(13-26(34)32(25)46-24-5-3-23(40)4-6-24)11-21(18-39)2-8-30(42)36(9-10-38)17-31(43)37(16-29(35)41)15-20-1-7-27-28(14-20)45-19-44-27/h1,3-7,12-14,21,38-40H,2,8-11,15-19H2,(H2,35,41)/t21-/m0/s1. The normalized spacial score (nSPS) is 12.4. The Morgan fingerprint density at radius 3 is 2.24 bits per heavy atom. The molecule has 0 radical (unpaired) electrons. The van der Waals surface area contributed by atoms with Gasteiger partial charge in [0.1, 0.15) is 11.5 Å². The Balaban J connectivity index is 1.36. The van der Waals surface area contributed by atoms with Gasteiger partial charge in [-0.05, 0) is 124 Å². The number of rotatable bonds is 16. The number of amides is 3. The van der Waals surface area contributed by atoms with E-state index in [1.54, 1.807) is 42.5 Å². The number of carbonyl (C=O) groups is 3. The van der Waals surface area contributed by atoms with E-state index in [-0.39, 0.29) is 70.2 Å². The quantitative estimate of drug-likeness (QED) is 0.158. The van der Waals surface area contributed by atoms with Crippen LogP contribution in [0.25, 0.3) is 0 Å². The van der Waals surface area contributed by atoms with Crippen LogP contribution in [0.2, 0.25) is 0 Å². The van der Waals surface area contributed by atoms with Crippen molar-refractivity contribution in [3.05, 3.63) is 72.9 Å². The fourth-order valence-corrected chi connectivity index (χ4v) is 7.01. The molecule has 5 N–H and O–H groups in total. The van der Waals surface area contributed by atoms with Gasteiger partial charge in [0.05, 0.1) is 26.8 Å². The van der Waals surface area contributed by atoms with Gasteiger partial charge in [-0.3, -0.25) is 14.4 Å². The van der Waals surface area contributed by atoms with Gasteiger partial charge in [0.15, 0.2) is 17.2 Å². The van der Waals surface area contributed by atoms with Crippen LogP contribution in [0.4, 0.5) is 0 Å². The summed E-state index contributed by atoms with van der Waals surface area (Å²) in [5.41, 5.74) is 7.07. The first-order valence-corrected chi connectivity index (χ1v) is 16.6. The molecule has 246 valence electrons. The van der Waals surface area contributed by atoms with Gasteiger partial charge >= 0.3 is 0 Å². The molecule has 14 heteroatoms. The van der Waals surface area contributed by atoms with Crippen LogP contribution in [0.1, 0.15) is 24.0 Å². The summed E-state index contributed by atoms with van der Waals surface area (Å²) < 4.78 is 18.5. The van der Waals surface area contributed by atoms with E-state index in [0.717, 1.165) is 12.7 Å². The smallest absolute Gasteiger partial charge is 0.242 e. The number of primary amides is 1. The van der Waals surface area contributed by atoms with Crippen molar-refractivity contribution in [3.63, 3.8) is 0 Å². The van der Waals surface area contributed by atoms with Crippen LogP contribution in [0.3, 0.4) is 0 Å². The zero-order valence-electron chi connectivity index (χ0n) is 24.9. The molecule has 46 heavy (non-hydrogen) atoms. The van der Waals surface area contributed by atoms with Gasteiger partial charge in [-0.25, -0.2) is 0 Å². The first-order chi connectivity index (χ1) is 22.1. The molecule has 1 aliphatic rings. The lowest BCUT2D eigenvalue weighted by molar-refractivity contribution is -0.142. The van der Waals surface area contributed by atoms with Crippen LogP contribution in [0, 0.1) is 13.1 Å². The molecule has 1 aliphatic heterocycles. The van der Waals surface area contributed by atoms with Gasteiger partial charge < -0.3 is 45.1 Å². The Hall–Kier alpha value is -3.35. The van der Waals surface area contributed by atoms with Gasteiger partial charge in [-0.15, -0.1) is 0 Å². The van der Waals surface area contributed by atoms with Gasteiger partial charge in [0.25, 0.3) is 0 Å². The number of halogens is 2. The number of hydrogen-bond donors (Lipinski definition) is 4. The number of phenolic OH excluding ortho intramolecular Hbond substituents is 1. The molecule has 0 saturated carbocycles. The Kier molecular flexibility index (Phi) is 13.1. The summed E-state index contributed by atoms with van der Waals surface area (Å²) in [6, 6.07) is 15.6. The highest BCUT2D eigenvalue weighted by atomic mass is 127. The molecule has 0 spiro atoms. The zero-order valence-corrected chi connectivity index (χ0v) is 29.2. The van der Waals surface area contributed by atoms with E-state index in [9.17, 15) is 29.7 Å². The molecule has 12 nitrogen and oxygen atoms in total. The molecule has 0 aromatic heterocycles. The topological polar surface area (TPSA) is 172 Å². The van der Waals surface area contributed by atoms with Crippen LogP contribution in [0.15, 0.2) is 54.6 Å². The van der Waals surface area contributed by atoms with Crippen molar-refractivity contribution in [2.24, 2.45) is 11.7 Å². The molecular formula is C32H35I2N3O9. The molecule has 0 bridgehead atoms. The van der Waals surface area contributed by atoms with Crippen molar-refractivity contribution >= 4 is 62.9 Å². The monoisotopic (exact) mass is 859 g/mol. The summed E-state index contributed by atoms with van der Waals surface area (Å²) in [6.45, 7) is -1.11. The largest absolute Gasteiger partial charge is 0.508 e. The molecule has 0 saturated heterocycles. The third kappa shape index (κ3) is 10.1. The molecule has 3 amide bonds. The molecular weight excluding hydrogens is 824 g/mol. The first-order valence-electron chi connectivity index (χ1n) is 14.4. The van der Waals surface area contributed by atoms with E-state index < -0.39 is 11.8 Å². The molecule has 0 fully saturated rings. The number of fused-ring (bicyclic) bond motifs is 1. The Morgan fingerprint density at radius 2 is 1.59 bits per heavy atom. The van der Waals surface area contributed by atoms with Crippen molar-refractivity contribution in [1.29, 1.82) is 0 Å². The third-order valence-electron chi connectivity index (χ3n) is 7.22. The van der Waals surface area contributed by atoms with Gasteiger partial charge in [0.2, 0.25) is 24.5 Å². The number of aromatic hydroxyl groups is 1. The molecule has 1 heterocycles. The summed E-state index contributed by atoms with van der Waals surface area (Å²) in [7, 11) is 0. The molecule has 0 aliphatic carbocycles. The highest BCUT2D eigenvalue weighted by Crippen LogP contribution is 2.35. The highest BCUT2D eigenvalue weighted by molar-refractivity contribution is 14.1. The van der Waals surface area contributed by atoms with Crippen molar-refractivity contribution in [1.82, 2.24) is 9.80 Å². The van der Waals surface area contributed by atoms with Crippen LogP contribution >= 0.6 is 45.2 Å². The van der Waals surface area contributed by atoms with Gasteiger partial charge in [-0.1, -0.05) is 6.07 Å². The lowest BCUT2D eigenvalue weighted by atomic mass is 9.95. The van der Waals surface area contributed by atoms with Crippen LogP contribution in [-0.2, 0) is 27.3 Å². The Morgan fingerprint density at radius 1 is 0.891 bits per heavy atom. The minimum absolute atomic E-state index is 0.0483. The second-order valence-electron chi connectivity index (χ2n) is 10.7. The average molecular weight is 859 g/mol. The fraction of sp³-hybridized carbons (Fsp3) is 0.344. The van der Waals surface area contributed by atoms with E-state index in [0.29, 0.717) is 41.4 Å². The third-order valence-corrected chi connectivity index (χ3v) is 8.82. The SMILES string of the molecule is NC(=O)CN(Cc1ccc2c(c1)OCO2)C(=O)CN(CCO)C(=O)CC[C@H](CO)Cc1cc(I)c(Oc2ccc(O)cc2)c(I)c1. The number of phenols is 1. The molecule has 4 rings (SSSR count). The number of aliphatic hydroxyl groups is 2. The summed E-state index contributed by atoms with van der Waals surface area (Å²) in [6.07, 6.45) is 0.912. The number of nitrogens with zero attached hydrogens (tertiary/aromatic N) is 2. The maximum Gasteiger partial charge on any atom is 0.242 e. The molecule has 1 atom stereocenters. The predicted molar refractivity (Wildman–Crippen MR) is 184 cm³/mol. The average Bonchev–Trinajstić information content (AvgIpc) is 3.49. The van der Waals surface area contributed by atoms with Crippen LogP contribution < -0.4 is 19.9 Å². The summed E-state index contributed by atoms with van der Waals surface area (Å²) in [5, 5.41) is 29.3. The Labute approximate surface area is 293 Å². The maximum absolute atomic E-state index is 13.3. The summed E-state index contributed by atoms with van der Waals surface area (Å²) in [4.78, 5) is 40.8. The summed E-state index contributed by atoms with van der Waals surface area (Å²) in [5.74, 6) is 0.729. The molecule has 3 aromatic carbocycles. The first kappa shape index (κ1) is 35.5. The van der Waals surface area contributed by atoms with E-state index in [2.05, 4.69) is 45.2 Å². The Bertz CT molecular complexity index is 1510. The number of benzene rings is 3. The minimum atomic E-state index is -0.704. The molecule has 0 unspecified atom stereocenters. The predicted octanol–water partition coefficient (Wildman–Crippen LogP) is 3.39. The minimum Gasteiger partial charge on any atom is -0.508 e. The highest BCUT2D eigenvalue weighted by Gasteiger charge is 2.24. The number of carbonyl (C=O) groups excluding carboxylic acids is 3. The van der Waals surface area contributed by atoms with Crippen LogP contribution in [-0.4, -0.2) is 82.5 Å². The number of hydrogen-bond acceptors (Lipinski definition) is 9. The van der Waals surface area contributed by atoms with E-state index in [4.69, 9.17) is 19.9 Å². The lowest BCUT2D eigenvalue weighted by Crippen LogP contribution is -2.46. The van der Waals surface area contributed by atoms with Crippen LogP contribution in [0.5, 0.6) is 28.7 Å². The van der Waals surface area contributed by atoms with Crippen molar-refractivity contribution in [2.45, 2.75) is 25.8 Å². The maximum atomic E-state index is 13.3. The fourth-order valence-electron chi connectivity index (χ4n) is 4.89. The lowest BCUT2D eigenvalue weighted by Gasteiger charge is -2.27. The van der Waals surface area contributed by atoms with Crippen molar-refractivity contribution in [3.8, 4) is 28.7 Å². The number of ether oxygens (including phenoxy) is 3. The zero-order chi connectivity index (χ0) is 33.2. The van der Waals surface area contributed by atoms with E-state index in [1.807, 2.05) is 12.1 Å². The second-order valence-corrected chi connectivity index (χ2v) is 13.0. The number of aliphatic hydroxyl groups excluding tert-OH is 2. The molecule has 3 aromatic rings. The second kappa shape index (κ2) is 17.0. The number of nitrogens with two attached hydrogens (primary N) is 1. The van der Waals surface area contributed by atoms with Crippen molar-refractivity contribution < 1.29 is 43.9 Å². The summed E-state index contributed by atoms with van der Waals surface area (Å²) >= 11 is 4.38.